The fourth-order valence-electron chi connectivity index (χ4n) is 2.87. The minimum atomic E-state index is 0.186. The van der Waals surface area contributed by atoms with Crippen LogP contribution in [0.25, 0.3) is 10.9 Å². The van der Waals surface area contributed by atoms with Crippen molar-refractivity contribution in [2.75, 3.05) is 0 Å². The molecule has 0 saturated carbocycles. The van der Waals surface area contributed by atoms with Gasteiger partial charge in [0.05, 0.1) is 5.52 Å². The van der Waals surface area contributed by atoms with Crippen LogP contribution >= 0.6 is 0 Å². The Balaban J connectivity index is 1.99. The van der Waals surface area contributed by atoms with Gasteiger partial charge in [-0.3, -0.25) is 9.78 Å². The molecule has 1 aliphatic carbocycles. The van der Waals surface area contributed by atoms with Gasteiger partial charge in [-0.25, -0.2) is 0 Å². The van der Waals surface area contributed by atoms with E-state index < -0.39 is 0 Å². The van der Waals surface area contributed by atoms with E-state index in [4.69, 9.17) is 0 Å². The lowest BCUT2D eigenvalue weighted by molar-refractivity contribution is 0.103. The lowest BCUT2D eigenvalue weighted by Crippen LogP contribution is -2.06. The molecule has 0 saturated heterocycles. The maximum absolute atomic E-state index is 12.8. The van der Waals surface area contributed by atoms with Crippen molar-refractivity contribution in [2.24, 2.45) is 0 Å². The quantitative estimate of drug-likeness (QED) is 0.737. The summed E-state index contributed by atoms with van der Waals surface area (Å²) in [7, 11) is 0. The molecular weight excluding hydrogens is 246 g/mol. The van der Waals surface area contributed by atoms with Crippen molar-refractivity contribution in [3.05, 3.63) is 53.7 Å². The molecule has 0 amide bonds. The Labute approximate surface area is 119 Å². The first-order valence-corrected chi connectivity index (χ1v) is 7.44. The van der Waals surface area contributed by atoms with Crippen molar-refractivity contribution in [3.63, 3.8) is 0 Å². The van der Waals surface area contributed by atoms with Gasteiger partial charge in [-0.1, -0.05) is 37.1 Å². The van der Waals surface area contributed by atoms with E-state index in [0.717, 1.165) is 41.3 Å². The van der Waals surface area contributed by atoms with E-state index in [9.17, 15) is 4.79 Å². The van der Waals surface area contributed by atoms with Gasteiger partial charge in [-0.15, -0.1) is 0 Å². The number of fused-ring (bicyclic) bond motifs is 1. The summed E-state index contributed by atoms with van der Waals surface area (Å²) in [6, 6.07) is 9.68. The number of nitrogens with zero attached hydrogens (tertiary/aromatic N) is 1. The molecule has 0 radical (unpaired) electrons. The van der Waals surface area contributed by atoms with E-state index in [1.807, 2.05) is 30.3 Å². The Morgan fingerprint density at radius 3 is 2.85 bits per heavy atom. The van der Waals surface area contributed by atoms with Crippen molar-refractivity contribution < 1.29 is 4.79 Å². The normalized spacial score (nSPS) is 18.9. The fourth-order valence-corrected chi connectivity index (χ4v) is 2.87. The van der Waals surface area contributed by atoms with Crippen LogP contribution in [0.1, 0.15) is 48.9 Å². The number of carbonyl (C=O) groups excluding carboxylic acids is 1. The average Bonchev–Trinajstić information content (AvgIpc) is 2.46. The Hall–Kier alpha value is -1.96. The predicted molar refractivity (Wildman–Crippen MR) is 81.9 cm³/mol. The van der Waals surface area contributed by atoms with Gasteiger partial charge in [0.1, 0.15) is 0 Å². The standard InChI is InChI=1S/C18H19NO/c20-18(14-8-4-2-1-3-5-9-14)16-10-6-12-17-15(16)11-7-13-19-17/h6-8,10-13H,1-5,9H2/b14-8+. The van der Waals surface area contributed by atoms with Gasteiger partial charge < -0.3 is 0 Å². The second-order valence-corrected chi connectivity index (χ2v) is 5.39. The third kappa shape index (κ3) is 2.64. The SMILES string of the molecule is O=C(/C1=C/CCCCCC1)c1cccc2ncccc12. The number of allylic oxidation sites excluding steroid dienone is 2. The molecule has 0 bridgehead atoms. The zero-order valence-corrected chi connectivity index (χ0v) is 11.6. The Morgan fingerprint density at radius 1 is 1.00 bits per heavy atom. The van der Waals surface area contributed by atoms with Gasteiger partial charge in [0.25, 0.3) is 0 Å². The number of carbonyl (C=O) groups is 1. The molecule has 3 rings (SSSR count). The van der Waals surface area contributed by atoms with E-state index in [2.05, 4.69) is 11.1 Å². The molecule has 0 N–H and O–H groups in total. The third-order valence-electron chi connectivity index (χ3n) is 3.97. The highest BCUT2D eigenvalue weighted by Crippen LogP contribution is 2.24. The number of Topliss-reactive ketones (excluding diaryl/α,β-unsaturated/α-hetero) is 1. The second kappa shape index (κ2) is 6.00. The lowest BCUT2D eigenvalue weighted by Gasteiger charge is -2.11. The summed E-state index contributed by atoms with van der Waals surface area (Å²) in [4.78, 5) is 17.1. The molecule has 2 aromatic rings. The minimum absolute atomic E-state index is 0.186. The number of hydrogen-bond acceptors (Lipinski definition) is 2. The molecule has 0 atom stereocenters. The molecule has 1 aromatic carbocycles. The summed E-state index contributed by atoms with van der Waals surface area (Å²) >= 11 is 0. The molecule has 2 nitrogen and oxygen atoms in total. The van der Waals surface area contributed by atoms with Crippen molar-refractivity contribution in [2.45, 2.75) is 38.5 Å². The van der Waals surface area contributed by atoms with E-state index >= 15 is 0 Å². The second-order valence-electron chi connectivity index (χ2n) is 5.39. The Kier molecular flexibility index (Phi) is 3.91. The van der Waals surface area contributed by atoms with Crippen LogP contribution in [0.5, 0.6) is 0 Å². The highest BCUT2D eigenvalue weighted by molar-refractivity contribution is 6.15. The van der Waals surface area contributed by atoms with E-state index in [1.54, 1.807) is 6.20 Å². The number of ketones is 1. The highest BCUT2D eigenvalue weighted by atomic mass is 16.1. The molecule has 102 valence electrons. The lowest BCUT2D eigenvalue weighted by atomic mass is 9.92. The molecular formula is C18H19NO. The van der Waals surface area contributed by atoms with Crippen LogP contribution < -0.4 is 0 Å². The average molecular weight is 265 g/mol. The van der Waals surface area contributed by atoms with Gasteiger partial charge in [0, 0.05) is 17.1 Å². The maximum Gasteiger partial charge on any atom is 0.189 e. The van der Waals surface area contributed by atoms with Crippen LogP contribution in [0.15, 0.2) is 48.2 Å². The number of rotatable bonds is 2. The smallest absolute Gasteiger partial charge is 0.189 e. The zero-order chi connectivity index (χ0) is 13.8. The van der Waals surface area contributed by atoms with Crippen molar-refractivity contribution >= 4 is 16.7 Å². The maximum atomic E-state index is 12.8. The van der Waals surface area contributed by atoms with Crippen molar-refractivity contribution in [3.8, 4) is 0 Å². The highest BCUT2D eigenvalue weighted by Gasteiger charge is 2.15. The molecule has 0 unspecified atom stereocenters. The summed E-state index contributed by atoms with van der Waals surface area (Å²) in [6.45, 7) is 0. The summed E-state index contributed by atoms with van der Waals surface area (Å²) in [5, 5.41) is 0.961. The van der Waals surface area contributed by atoms with Gasteiger partial charge in [0.15, 0.2) is 5.78 Å². The monoisotopic (exact) mass is 265 g/mol. The third-order valence-corrected chi connectivity index (χ3v) is 3.97. The Bertz CT molecular complexity index is 652. The van der Waals surface area contributed by atoms with E-state index in [-0.39, 0.29) is 5.78 Å². The van der Waals surface area contributed by atoms with Gasteiger partial charge >= 0.3 is 0 Å². The summed E-state index contributed by atoms with van der Waals surface area (Å²) in [5.41, 5.74) is 2.67. The summed E-state index contributed by atoms with van der Waals surface area (Å²) < 4.78 is 0. The summed E-state index contributed by atoms with van der Waals surface area (Å²) in [6.07, 6.45) is 10.7. The molecule has 1 heterocycles. The molecule has 0 spiro atoms. The van der Waals surface area contributed by atoms with Crippen LogP contribution in [0, 0.1) is 0 Å². The largest absolute Gasteiger partial charge is 0.289 e. The van der Waals surface area contributed by atoms with Crippen LogP contribution in [0.2, 0.25) is 0 Å². The van der Waals surface area contributed by atoms with E-state index in [1.165, 1.54) is 19.3 Å². The Morgan fingerprint density at radius 2 is 1.90 bits per heavy atom. The van der Waals surface area contributed by atoms with Gasteiger partial charge in [0.2, 0.25) is 0 Å². The van der Waals surface area contributed by atoms with E-state index in [0.29, 0.717) is 0 Å². The van der Waals surface area contributed by atoms with Gasteiger partial charge in [-0.2, -0.15) is 0 Å². The van der Waals surface area contributed by atoms with Crippen molar-refractivity contribution in [1.29, 1.82) is 0 Å². The van der Waals surface area contributed by atoms with Crippen LogP contribution in [-0.4, -0.2) is 10.8 Å². The number of benzene rings is 1. The molecule has 2 heteroatoms. The number of pyridine rings is 1. The molecule has 0 aliphatic heterocycles. The van der Waals surface area contributed by atoms with Crippen molar-refractivity contribution in [1.82, 2.24) is 4.98 Å². The van der Waals surface area contributed by atoms with Crippen LogP contribution in [0.4, 0.5) is 0 Å². The van der Waals surface area contributed by atoms with Gasteiger partial charge in [-0.05, 0) is 43.4 Å². The predicted octanol–water partition coefficient (Wildman–Crippen LogP) is 4.70. The topological polar surface area (TPSA) is 30.0 Å². The number of aromatic nitrogens is 1. The number of hydrogen-bond donors (Lipinski definition) is 0. The molecule has 1 aliphatic rings. The minimum Gasteiger partial charge on any atom is -0.289 e. The first-order valence-electron chi connectivity index (χ1n) is 7.44. The van der Waals surface area contributed by atoms with Crippen LogP contribution in [0.3, 0.4) is 0 Å². The molecule has 1 aromatic heterocycles. The molecule has 20 heavy (non-hydrogen) atoms. The fraction of sp³-hybridized carbons (Fsp3) is 0.333. The first kappa shape index (κ1) is 13.0. The molecule has 0 fully saturated rings. The summed E-state index contributed by atoms with van der Waals surface area (Å²) in [5.74, 6) is 0.186. The van der Waals surface area contributed by atoms with Crippen LogP contribution in [-0.2, 0) is 0 Å². The zero-order valence-electron chi connectivity index (χ0n) is 11.6. The first-order chi connectivity index (χ1) is 9.86.